The van der Waals surface area contributed by atoms with E-state index in [1.165, 1.54) is 12.8 Å². The minimum Gasteiger partial charge on any atom is -0.354 e. The summed E-state index contributed by atoms with van der Waals surface area (Å²) < 4.78 is 0. The van der Waals surface area contributed by atoms with Crippen molar-refractivity contribution < 1.29 is 0 Å². The summed E-state index contributed by atoms with van der Waals surface area (Å²) in [6.07, 6.45) is 2.36. The molecule has 1 aliphatic heterocycles. The molecule has 1 saturated heterocycles. The summed E-state index contributed by atoms with van der Waals surface area (Å²) in [4.78, 5) is 17.6. The smallest absolute Gasteiger partial charge is 0.231 e. The van der Waals surface area contributed by atoms with Crippen LogP contribution in [0.25, 0.3) is 0 Å². The normalized spacial score (nSPS) is 15.6. The molecule has 1 atom stereocenters. The van der Waals surface area contributed by atoms with E-state index in [-0.39, 0.29) is 5.92 Å². The standard InChI is InChI=1S/C14H23N7/c1-4-16-12-17-13(20(3)10-11(2)9-15)19-14(18-12)21-7-5-6-8-21/h11H,4-8,10H2,1-3H3,(H,16,17,18,19). The van der Waals surface area contributed by atoms with Crippen molar-refractivity contribution in [2.24, 2.45) is 5.92 Å². The van der Waals surface area contributed by atoms with Gasteiger partial charge in [-0.2, -0.15) is 20.2 Å². The van der Waals surface area contributed by atoms with Crippen LogP contribution in [-0.2, 0) is 0 Å². The Balaban J connectivity index is 2.24. The molecule has 1 aromatic rings. The van der Waals surface area contributed by atoms with Gasteiger partial charge in [0.15, 0.2) is 0 Å². The van der Waals surface area contributed by atoms with Gasteiger partial charge in [-0.3, -0.25) is 0 Å². The Morgan fingerprint density at radius 1 is 1.33 bits per heavy atom. The van der Waals surface area contributed by atoms with Crippen molar-refractivity contribution in [2.75, 3.05) is 48.3 Å². The first kappa shape index (κ1) is 15.3. The molecule has 21 heavy (non-hydrogen) atoms. The first-order valence-electron chi connectivity index (χ1n) is 7.49. The van der Waals surface area contributed by atoms with Crippen molar-refractivity contribution in [3.8, 4) is 6.07 Å². The molecule has 1 aliphatic rings. The molecule has 1 aromatic heterocycles. The average Bonchev–Trinajstić information content (AvgIpc) is 3.01. The van der Waals surface area contributed by atoms with Crippen molar-refractivity contribution in [2.45, 2.75) is 26.7 Å². The second-order valence-electron chi connectivity index (χ2n) is 5.39. The lowest BCUT2D eigenvalue weighted by Crippen LogP contribution is -2.28. The molecule has 114 valence electrons. The predicted molar refractivity (Wildman–Crippen MR) is 83.5 cm³/mol. The zero-order valence-corrected chi connectivity index (χ0v) is 13.0. The molecule has 0 aliphatic carbocycles. The van der Waals surface area contributed by atoms with E-state index in [4.69, 9.17) is 5.26 Å². The molecule has 7 nitrogen and oxygen atoms in total. The van der Waals surface area contributed by atoms with Gasteiger partial charge in [-0.15, -0.1) is 0 Å². The maximum absolute atomic E-state index is 8.95. The molecule has 0 saturated carbocycles. The SMILES string of the molecule is CCNc1nc(N(C)CC(C)C#N)nc(N2CCCC2)n1. The van der Waals surface area contributed by atoms with Crippen LogP contribution >= 0.6 is 0 Å². The molecule has 7 heteroatoms. The van der Waals surface area contributed by atoms with Crippen molar-refractivity contribution >= 4 is 17.8 Å². The number of hydrogen-bond acceptors (Lipinski definition) is 7. The van der Waals surface area contributed by atoms with Crippen LogP contribution in [0.3, 0.4) is 0 Å². The van der Waals surface area contributed by atoms with E-state index in [9.17, 15) is 0 Å². The van der Waals surface area contributed by atoms with Crippen LogP contribution in [0.1, 0.15) is 26.7 Å². The van der Waals surface area contributed by atoms with Gasteiger partial charge in [-0.05, 0) is 26.7 Å². The Kier molecular flexibility index (Phi) is 5.14. The Hall–Kier alpha value is -2.10. The molecule has 0 radical (unpaired) electrons. The topological polar surface area (TPSA) is 81.0 Å². The van der Waals surface area contributed by atoms with Gasteiger partial charge in [0.05, 0.1) is 12.0 Å². The number of anilines is 3. The largest absolute Gasteiger partial charge is 0.354 e. The predicted octanol–water partition coefficient (Wildman–Crippen LogP) is 1.50. The minimum atomic E-state index is -0.0652. The van der Waals surface area contributed by atoms with Crippen molar-refractivity contribution in [3.05, 3.63) is 0 Å². The molecular weight excluding hydrogens is 266 g/mol. The van der Waals surface area contributed by atoms with E-state index in [0.717, 1.165) is 25.6 Å². The molecule has 1 N–H and O–H groups in total. The van der Waals surface area contributed by atoms with Gasteiger partial charge >= 0.3 is 0 Å². The summed E-state index contributed by atoms with van der Waals surface area (Å²) in [5, 5.41) is 12.1. The Morgan fingerprint density at radius 3 is 2.67 bits per heavy atom. The lowest BCUT2D eigenvalue weighted by Gasteiger charge is -2.22. The number of hydrogen-bond donors (Lipinski definition) is 1. The number of aromatic nitrogens is 3. The van der Waals surface area contributed by atoms with Gasteiger partial charge < -0.3 is 15.1 Å². The summed E-state index contributed by atoms with van der Waals surface area (Å²) in [6, 6.07) is 2.24. The molecule has 1 unspecified atom stereocenters. The highest BCUT2D eigenvalue weighted by atomic mass is 15.4. The number of nitrogens with zero attached hydrogens (tertiary/aromatic N) is 6. The maximum atomic E-state index is 8.95. The molecule has 0 amide bonds. The van der Waals surface area contributed by atoms with Crippen molar-refractivity contribution in [1.29, 1.82) is 5.26 Å². The lowest BCUT2D eigenvalue weighted by molar-refractivity contribution is 0.699. The van der Waals surface area contributed by atoms with Crippen LogP contribution in [0.5, 0.6) is 0 Å². The van der Waals surface area contributed by atoms with E-state index in [2.05, 4.69) is 31.2 Å². The summed E-state index contributed by atoms with van der Waals surface area (Å²) in [5.74, 6) is 1.88. The maximum Gasteiger partial charge on any atom is 0.231 e. The summed E-state index contributed by atoms with van der Waals surface area (Å²) in [5.41, 5.74) is 0. The van der Waals surface area contributed by atoms with Crippen LogP contribution in [-0.4, -0.2) is 48.2 Å². The van der Waals surface area contributed by atoms with Crippen LogP contribution in [0.4, 0.5) is 17.8 Å². The van der Waals surface area contributed by atoms with Crippen LogP contribution < -0.4 is 15.1 Å². The third-order valence-corrected chi connectivity index (χ3v) is 3.45. The number of nitriles is 1. The summed E-state index contributed by atoms with van der Waals surface area (Å²) in [7, 11) is 1.91. The second-order valence-corrected chi connectivity index (χ2v) is 5.39. The third kappa shape index (κ3) is 3.94. The first-order chi connectivity index (χ1) is 10.1. The molecule has 1 fully saturated rings. The van der Waals surface area contributed by atoms with Gasteiger partial charge in [0, 0.05) is 33.2 Å². The molecule has 0 aromatic carbocycles. The highest BCUT2D eigenvalue weighted by molar-refractivity contribution is 5.45. The minimum absolute atomic E-state index is 0.0652. The average molecular weight is 289 g/mol. The van der Waals surface area contributed by atoms with Crippen molar-refractivity contribution in [3.63, 3.8) is 0 Å². The van der Waals surface area contributed by atoms with Gasteiger partial charge in [-0.25, -0.2) is 0 Å². The molecular formula is C14H23N7. The van der Waals surface area contributed by atoms with Crippen LogP contribution in [0.15, 0.2) is 0 Å². The Bertz CT molecular complexity index is 505. The first-order valence-corrected chi connectivity index (χ1v) is 7.49. The molecule has 2 heterocycles. The summed E-state index contributed by atoms with van der Waals surface area (Å²) >= 11 is 0. The van der Waals surface area contributed by atoms with E-state index in [1.54, 1.807) is 0 Å². The van der Waals surface area contributed by atoms with E-state index < -0.39 is 0 Å². The number of nitrogens with one attached hydrogen (secondary N) is 1. The fraction of sp³-hybridized carbons (Fsp3) is 0.714. The molecule has 0 bridgehead atoms. The molecule has 0 spiro atoms. The third-order valence-electron chi connectivity index (χ3n) is 3.45. The fourth-order valence-electron chi connectivity index (χ4n) is 2.35. The monoisotopic (exact) mass is 289 g/mol. The van der Waals surface area contributed by atoms with Crippen LogP contribution in [0, 0.1) is 17.2 Å². The quantitative estimate of drug-likeness (QED) is 0.849. The number of rotatable bonds is 6. The van der Waals surface area contributed by atoms with E-state index >= 15 is 0 Å². The van der Waals surface area contributed by atoms with Crippen molar-refractivity contribution in [1.82, 2.24) is 15.0 Å². The van der Waals surface area contributed by atoms with Crippen LogP contribution in [0.2, 0.25) is 0 Å². The Morgan fingerprint density at radius 2 is 2.05 bits per heavy atom. The highest BCUT2D eigenvalue weighted by Crippen LogP contribution is 2.20. The van der Waals surface area contributed by atoms with Gasteiger partial charge in [0.1, 0.15) is 0 Å². The zero-order chi connectivity index (χ0) is 15.2. The van der Waals surface area contributed by atoms with Gasteiger partial charge in [0.25, 0.3) is 0 Å². The van der Waals surface area contributed by atoms with Gasteiger partial charge in [0.2, 0.25) is 17.8 Å². The summed E-state index contributed by atoms with van der Waals surface area (Å²) in [6.45, 7) is 7.26. The van der Waals surface area contributed by atoms with E-state index in [0.29, 0.717) is 18.4 Å². The zero-order valence-electron chi connectivity index (χ0n) is 13.0. The Labute approximate surface area is 126 Å². The highest BCUT2D eigenvalue weighted by Gasteiger charge is 2.19. The molecule has 2 rings (SSSR count). The lowest BCUT2D eigenvalue weighted by atomic mass is 10.2. The van der Waals surface area contributed by atoms with E-state index in [1.807, 2.05) is 25.8 Å². The fourth-order valence-corrected chi connectivity index (χ4v) is 2.35. The second kappa shape index (κ2) is 7.07. The van der Waals surface area contributed by atoms with Gasteiger partial charge in [-0.1, -0.05) is 0 Å².